The van der Waals surface area contributed by atoms with Crippen LogP contribution in [0.4, 0.5) is 11.4 Å². The van der Waals surface area contributed by atoms with Gasteiger partial charge in [-0.2, -0.15) is 0 Å². The maximum Gasteiger partial charge on any atom is 0.276 e. The van der Waals surface area contributed by atoms with Crippen molar-refractivity contribution in [2.45, 2.75) is 0 Å². The Hall–Kier alpha value is -2.06. The minimum Gasteiger partial charge on any atom is -0.303 e. The average molecular weight is 240 g/mol. The van der Waals surface area contributed by atoms with Gasteiger partial charge in [-0.1, -0.05) is 0 Å². The molecular formula is C9H12N4O4. The molecule has 0 saturated carbocycles. The van der Waals surface area contributed by atoms with Gasteiger partial charge in [0, 0.05) is 31.9 Å². The topological polar surface area (TPSA) is 110 Å². The third-order valence-electron chi connectivity index (χ3n) is 1.98. The van der Waals surface area contributed by atoms with E-state index in [1.54, 1.807) is 0 Å². The minimum absolute atomic E-state index is 0.274. The maximum atomic E-state index is 10.2. The first-order chi connectivity index (χ1) is 8.11. The van der Waals surface area contributed by atoms with Gasteiger partial charge in [0.15, 0.2) is 0 Å². The van der Waals surface area contributed by atoms with Crippen molar-refractivity contribution in [1.29, 1.82) is 0 Å². The maximum absolute atomic E-state index is 10.2. The second-order valence-corrected chi connectivity index (χ2v) is 3.21. The predicted octanol–water partition coefficient (Wildman–Crippen LogP) is 0.640. The average Bonchev–Trinajstić information content (AvgIpc) is 2.87. The first-order valence-corrected chi connectivity index (χ1v) is 4.91. The van der Waals surface area contributed by atoms with Crippen LogP contribution in [0, 0.1) is 20.2 Å². The molecule has 92 valence electrons. The van der Waals surface area contributed by atoms with E-state index < -0.39 is 9.85 Å². The van der Waals surface area contributed by atoms with Crippen molar-refractivity contribution in [2.24, 2.45) is 0 Å². The normalized spacial score (nSPS) is 13.6. The Balaban J connectivity index is 0.000000239. The smallest absolute Gasteiger partial charge is 0.276 e. The Kier molecular flexibility index (Phi) is 4.98. The van der Waals surface area contributed by atoms with Gasteiger partial charge in [0.25, 0.3) is 11.4 Å². The molecule has 1 aromatic carbocycles. The third kappa shape index (κ3) is 4.53. The Labute approximate surface area is 96.9 Å². The number of nitro benzene ring substituents is 2. The summed E-state index contributed by atoms with van der Waals surface area (Å²) in [5.74, 6) is 0. The molecule has 1 aliphatic rings. The quantitative estimate of drug-likeness (QED) is 0.579. The van der Waals surface area contributed by atoms with E-state index in [9.17, 15) is 20.2 Å². The monoisotopic (exact) mass is 240 g/mol. The van der Waals surface area contributed by atoms with Crippen LogP contribution >= 0.6 is 0 Å². The van der Waals surface area contributed by atoms with Crippen LogP contribution in [-0.2, 0) is 0 Å². The third-order valence-corrected chi connectivity index (χ3v) is 1.98. The summed E-state index contributed by atoms with van der Waals surface area (Å²) in [5.41, 5.74) is -0.548. The zero-order chi connectivity index (χ0) is 12.7. The molecule has 2 rings (SSSR count). The van der Waals surface area contributed by atoms with Gasteiger partial charge in [-0.15, -0.1) is 0 Å². The fourth-order valence-electron chi connectivity index (χ4n) is 1.16. The van der Waals surface area contributed by atoms with Crippen LogP contribution in [0.3, 0.4) is 0 Å². The van der Waals surface area contributed by atoms with Gasteiger partial charge in [-0.05, 0) is 6.07 Å². The molecule has 0 unspecified atom stereocenters. The van der Waals surface area contributed by atoms with Crippen molar-refractivity contribution < 1.29 is 9.85 Å². The largest absolute Gasteiger partial charge is 0.303 e. The number of hydrogen-bond acceptors (Lipinski definition) is 6. The Morgan fingerprint density at radius 2 is 1.47 bits per heavy atom. The zero-order valence-electron chi connectivity index (χ0n) is 8.96. The van der Waals surface area contributed by atoms with Crippen molar-refractivity contribution in [3.8, 4) is 0 Å². The standard InChI is InChI=1S/C6H4N2O4.C3H8N2/c9-7(10)5-2-1-3-6(4-5)8(11)12;1-2-5-3-4-1/h1-4H;4-5H,1-3H2. The number of non-ortho nitro benzene ring substituents is 2. The van der Waals surface area contributed by atoms with Crippen molar-refractivity contribution in [3.63, 3.8) is 0 Å². The fourth-order valence-corrected chi connectivity index (χ4v) is 1.16. The lowest BCUT2D eigenvalue weighted by Crippen LogP contribution is -2.11. The molecule has 0 spiro atoms. The highest BCUT2D eigenvalue weighted by atomic mass is 16.6. The molecule has 1 aromatic rings. The lowest BCUT2D eigenvalue weighted by Gasteiger charge is -1.90. The van der Waals surface area contributed by atoms with Crippen LogP contribution < -0.4 is 10.6 Å². The summed E-state index contributed by atoms with van der Waals surface area (Å²) in [6.07, 6.45) is 0. The summed E-state index contributed by atoms with van der Waals surface area (Å²) < 4.78 is 0. The van der Waals surface area contributed by atoms with E-state index in [2.05, 4.69) is 10.6 Å². The molecule has 0 aliphatic carbocycles. The summed E-state index contributed by atoms with van der Waals surface area (Å²) in [6.45, 7) is 3.28. The Morgan fingerprint density at radius 3 is 1.76 bits per heavy atom. The molecule has 1 aliphatic heterocycles. The summed E-state index contributed by atoms with van der Waals surface area (Å²) >= 11 is 0. The van der Waals surface area contributed by atoms with Crippen LogP contribution in [0.5, 0.6) is 0 Å². The summed E-state index contributed by atoms with van der Waals surface area (Å²) in [4.78, 5) is 19.0. The lowest BCUT2D eigenvalue weighted by atomic mass is 10.3. The van der Waals surface area contributed by atoms with Crippen molar-refractivity contribution in [1.82, 2.24) is 10.6 Å². The van der Waals surface area contributed by atoms with E-state index in [0.717, 1.165) is 25.8 Å². The fraction of sp³-hybridized carbons (Fsp3) is 0.333. The van der Waals surface area contributed by atoms with Gasteiger partial charge >= 0.3 is 0 Å². The van der Waals surface area contributed by atoms with E-state index in [1.807, 2.05) is 0 Å². The van der Waals surface area contributed by atoms with E-state index in [-0.39, 0.29) is 11.4 Å². The molecule has 8 heteroatoms. The predicted molar refractivity (Wildman–Crippen MR) is 60.6 cm³/mol. The van der Waals surface area contributed by atoms with Crippen LogP contribution in [0.2, 0.25) is 0 Å². The van der Waals surface area contributed by atoms with Crippen LogP contribution in [0.1, 0.15) is 0 Å². The number of benzene rings is 1. The van der Waals surface area contributed by atoms with Gasteiger partial charge in [0.05, 0.1) is 15.9 Å². The summed E-state index contributed by atoms with van der Waals surface area (Å²) in [5, 5.41) is 26.5. The van der Waals surface area contributed by atoms with E-state index >= 15 is 0 Å². The molecule has 0 aromatic heterocycles. The number of rotatable bonds is 2. The molecule has 2 N–H and O–H groups in total. The van der Waals surface area contributed by atoms with Gasteiger partial charge in [0.2, 0.25) is 0 Å². The van der Waals surface area contributed by atoms with Gasteiger partial charge < -0.3 is 10.6 Å². The molecule has 0 radical (unpaired) electrons. The SMILES string of the molecule is C1CNCN1.O=[N+]([O-])c1cccc([N+](=O)[O-])c1. The van der Waals surface area contributed by atoms with E-state index in [0.29, 0.717) is 0 Å². The molecule has 8 nitrogen and oxygen atoms in total. The number of nitrogens with one attached hydrogen (secondary N) is 2. The van der Waals surface area contributed by atoms with Crippen molar-refractivity contribution in [3.05, 3.63) is 44.5 Å². The minimum atomic E-state index is -0.674. The highest BCUT2D eigenvalue weighted by molar-refractivity contribution is 5.42. The van der Waals surface area contributed by atoms with Gasteiger partial charge in [0.1, 0.15) is 0 Å². The zero-order valence-corrected chi connectivity index (χ0v) is 8.96. The second kappa shape index (κ2) is 6.51. The number of nitrogens with zero attached hydrogens (tertiary/aromatic N) is 2. The van der Waals surface area contributed by atoms with Gasteiger partial charge in [-0.25, -0.2) is 0 Å². The van der Waals surface area contributed by atoms with Crippen LogP contribution in [0.25, 0.3) is 0 Å². The van der Waals surface area contributed by atoms with Gasteiger partial charge in [-0.3, -0.25) is 20.2 Å². The highest BCUT2D eigenvalue weighted by Gasteiger charge is 2.11. The number of hydrogen-bond donors (Lipinski definition) is 2. The molecule has 0 atom stereocenters. The van der Waals surface area contributed by atoms with E-state index in [1.165, 1.54) is 18.2 Å². The molecule has 1 fully saturated rings. The summed E-state index contributed by atoms with van der Waals surface area (Å²) in [6, 6.07) is 4.59. The summed E-state index contributed by atoms with van der Waals surface area (Å²) in [7, 11) is 0. The molecule has 17 heavy (non-hydrogen) atoms. The molecule has 0 amide bonds. The first-order valence-electron chi connectivity index (χ1n) is 4.91. The molecule has 0 bridgehead atoms. The Morgan fingerprint density at radius 1 is 1.00 bits per heavy atom. The van der Waals surface area contributed by atoms with E-state index in [4.69, 9.17) is 0 Å². The molecule has 1 saturated heterocycles. The van der Waals surface area contributed by atoms with Crippen molar-refractivity contribution >= 4 is 11.4 Å². The van der Waals surface area contributed by atoms with Crippen molar-refractivity contribution in [2.75, 3.05) is 19.8 Å². The van der Waals surface area contributed by atoms with Crippen LogP contribution in [-0.4, -0.2) is 29.6 Å². The van der Waals surface area contributed by atoms with Crippen LogP contribution in [0.15, 0.2) is 24.3 Å². The first kappa shape index (κ1) is 13.0. The second-order valence-electron chi connectivity index (χ2n) is 3.21. The number of nitro groups is 2. The molecule has 1 heterocycles. The molecular weight excluding hydrogens is 228 g/mol. The Bertz CT molecular complexity index is 369. The highest BCUT2D eigenvalue weighted by Crippen LogP contribution is 2.18. The lowest BCUT2D eigenvalue weighted by molar-refractivity contribution is -0.394.